The molecule has 5 heteroatoms. The first-order chi connectivity index (χ1) is 10.2. The van der Waals surface area contributed by atoms with Gasteiger partial charge in [0.15, 0.2) is 0 Å². The van der Waals surface area contributed by atoms with Crippen molar-refractivity contribution >= 4 is 11.7 Å². The first-order valence-electron chi connectivity index (χ1n) is 6.40. The molecule has 0 aliphatic rings. The topological polar surface area (TPSA) is 82.3 Å². The number of carbonyl (C=O) groups is 1. The maximum absolute atomic E-state index is 11.0. The molecule has 0 fully saturated rings. The van der Waals surface area contributed by atoms with E-state index in [1.165, 1.54) is 6.07 Å². The molecule has 21 heavy (non-hydrogen) atoms. The summed E-state index contributed by atoms with van der Waals surface area (Å²) in [6, 6.07) is 15.8. The summed E-state index contributed by atoms with van der Waals surface area (Å²) in [6.45, 7) is 0.761. The number of carboxylic acid groups (broad SMARTS) is 1. The average molecular weight is 282 g/mol. The quantitative estimate of drug-likeness (QED) is 0.796. The van der Waals surface area contributed by atoms with E-state index in [9.17, 15) is 4.79 Å². The van der Waals surface area contributed by atoms with Gasteiger partial charge < -0.3 is 15.2 Å². The van der Waals surface area contributed by atoms with Crippen molar-refractivity contribution in [3.8, 4) is 11.8 Å². The van der Waals surface area contributed by atoms with E-state index in [-0.39, 0.29) is 5.56 Å². The van der Waals surface area contributed by atoms with E-state index < -0.39 is 5.97 Å². The molecule has 106 valence electrons. The first-order valence-corrected chi connectivity index (χ1v) is 6.40. The highest BCUT2D eigenvalue weighted by Gasteiger charge is 2.09. The van der Waals surface area contributed by atoms with E-state index in [0.717, 1.165) is 5.69 Å². The fourth-order valence-electron chi connectivity index (χ4n) is 1.85. The van der Waals surface area contributed by atoms with Crippen molar-refractivity contribution in [1.29, 1.82) is 5.26 Å². The third kappa shape index (κ3) is 3.74. The second-order valence-corrected chi connectivity index (χ2v) is 4.23. The molecule has 0 heterocycles. The zero-order chi connectivity index (χ0) is 15.1. The number of ether oxygens (including phenoxy) is 1. The number of nitriles is 1. The van der Waals surface area contributed by atoms with Crippen molar-refractivity contribution in [2.45, 2.75) is 0 Å². The Morgan fingerprint density at radius 2 is 1.90 bits per heavy atom. The minimum absolute atomic E-state index is 0.134. The average Bonchev–Trinajstić information content (AvgIpc) is 2.52. The monoisotopic (exact) mass is 282 g/mol. The molecular formula is C16H14N2O3. The Bertz CT molecular complexity index is 677. The summed E-state index contributed by atoms with van der Waals surface area (Å²) < 4.78 is 5.47. The number of nitrogens with zero attached hydrogens (tertiary/aromatic N) is 1. The number of carboxylic acids is 1. The Hall–Kier alpha value is -3.00. The molecule has 0 saturated heterocycles. The maximum atomic E-state index is 11.0. The highest BCUT2D eigenvalue weighted by atomic mass is 16.5. The zero-order valence-electron chi connectivity index (χ0n) is 11.2. The van der Waals surface area contributed by atoms with Crippen molar-refractivity contribution < 1.29 is 14.6 Å². The van der Waals surface area contributed by atoms with E-state index >= 15 is 0 Å². The molecule has 0 radical (unpaired) electrons. The third-order valence-corrected chi connectivity index (χ3v) is 2.84. The molecule has 0 amide bonds. The molecule has 0 aliphatic heterocycles. The number of hydrogen-bond acceptors (Lipinski definition) is 4. The zero-order valence-corrected chi connectivity index (χ0v) is 11.2. The van der Waals surface area contributed by atoms with Gasteiger partial charge in [0, 0.05) is 6.54 Å². The molecule has 0 aliphatic carbocycles. The minimum Gasteiger partial charge on any atom is -0.491 e. The highest BCUT2D eigenvalue weighted by molar-refractivity contribution is 5.90. The lowest BCUT2D eigenvalue weighted by atomic mass is 10.2. The predicted molar refractivity (Wildman–Crippen MR) is 78.5 cm³/mol. The number of nitrogens with one attached hydrogen (secondary N) is 1. The van der Waals surface area contributed by atoms with E-state index in [2.05, 4.69) is 11.4 Å². The van der Waals surface area contributed by atoms with Gasteiger partial charge in [-0.15, -0.1) is 0 Å². The molecule has 0 atom stereocenters. The molecule has 2 N–H and O–H groups in total. The molecule has 5 nitrogen and oxygen atoms in total. The lowest BCUT2D eigenvalue weighted by Crippen LogP contribution is -2.13. The number of anilines is 1. The Kier molecular flexibility index (Phi) is 4.78. The third-order valence-electron chi connectivity index (χ3n) is 2.84. The van der Waals surface area contributed by atoms with Gasteiger partial charge in [-0.3, -0.25) is 0 Å². The summed E-state index contributed by atoms with van der Waals surface area (Å²) in [6.07, 6.45) is 0. The molecule has 2 rings (SSSR count). The van der Waals surface area contributed by atoms with E-state index in [4.69, 9.17) is 15.1 Å². The van der Waals surface area contributed by atoms with Crippen molar-refractivity contribution in [3.05, 3.63) is 59.7 Å². The van der Waals surface area contributed by atoms with Gasteiger partial charge in [-0.1, -0.05) is 24.3 Å². The van der Waals surface area contributed by atoms with Crippen LogP contribution in [0.3, 0.4) is 0 Å². The van der Waals surface area contributed by atoms with Crippen LogP contribution in [0.15, 0.2) is 48.5 Å². The summed E-state index contributed by atoms with van der Waals surface area (Å²) in [5.74, 6) is -0.686. The lowest BCUT2D eigenvalue weighted by molar-refractivity contribution is 0.0692. The molecule has 2 aromatic carbocycles. The van der Waals surface area contributed by atoms with Gasteiger partial charge in [0.1, 0.15) is 24.0 Å². The van der Waals surface area contributed by atoms with E-state index in [1.54, 1.807) is 30.3 Å². The van der Waals surface area contributed by atoms with Gasteiger partial charge >= 0.3 is 5.97 Å². The smallest absolute Gasteiger partial charge is 0.339 e. The Balaban J connectivity index is 1.91. The Labute approximate surface area is 122 Å². The van der Waals surface area contributed by atoms with Crippen molar-refractivity contribution in [2.24, 2.45) is 0 Å². The van der Waals surface area contributed by atoms with Gasteiger partial charge in [0.05, 0.1) is 11.3 Å². The standard InChI is InChI=1S/C16H14N2O3/c17-11-12-5-1-3-7-14(12)18-9-10-21-15-8-4-2-6-13(15)16(19)20/h1-8,18H,9-10H2,(H,19,20). The summed E-state index contributed by atoms with van der Waals surface area (Å²) in [5.41, 5.74) is 1.42. The number of rotatable bonds is 6. The van der Waals surface area contributed by atoms with Crippen LogP contribution in [0.1, 0.15) is 15.9 Å². The molecule has 0 unspecified atom stereocenters. The molecule has 0 bridgehead atoms. The van der Waals surface area contributed by atoms with Crippen LogP contribution in [0.25, 0.3) is 0 Å². The van der Waals surface area contributed by atoms with Gasteiger partial charge in [-0.25, -0.2) is 4.79 Å². The van der Waals surface area contributed by atoms with Gasteiger partial charge in [-0.2, -0.15) is 5.26 Å². The second kappa shape index (κ2) is 6.96. The lowest BCUT2D eigenvalue weighted by Gasteiger charge is -2.11. The van der Waals surface area contributed by atoms with Crippen LogP contribution in [0.2, 0.25) is 0 Å². The van der Waals surface area contributed by atoms with Crippen LogP contribution in [-0.2, 0) is 0 Å². The summed E-state index contributed by atoms with van der Waals surface area (Å²) in [5, 5.41) is 21.1. The summed E-state index contributed by atoms with van der Waals surface area (Å²) in [4.78, 5) is 11.0. The van der Waals surface area contributed by atoms with Crippen LogP contribution in [0, 0.1) is 11.3 Å². The van der Waals surface area contributed by atoms with Crippen molar-refractivity contribution in [2.75, 3.05) is 18.5 Å². The van der Waals surface area contributed by atoms with Crippen LogP contribution < -0.4 is 10.1 Å². The minimum atomic E-state index is -1.02. The number of benzene rings is 2. The predicted octanol–water partition coefficient (Wildman–Crippen LogP) is 2.75. The highest BCUT2D eigenvalue weighted by Crippen LogP contribution is 2.18. The van der Waals surface area contributed by atoms with E-state index in [0.29, 0.717) is 24.5 Å². The fourth-order valence-corrected chi connectivity index (χ4v) is 1.85. The van der Waals surface area contributed by atoms with Crippen LogP contribution in [0.5, 0.6) is 5.75 Å². The second-order valence-electron chi connectivity index (χ2n) is 4.23. The molecule has 0 spiro atoms. The Morgan fingerprint density at radius 3 is 2.67 bits per heavy atom. The molecule has 2 aromatic rings. The van der Waals surface area contributed by atoms with Crippen LogP contribution >= 0.6 is 0 Å². The molecule has 0 saturated carbocycles. The van der Waals surface area contributed by atoms with Crippen LogP contribution in [0.4, 0.5) is 5.69 Å². The molecule has 0 aromatic heterocycles. The maximum Gasteiger partial charge on any atom is 0.339 e. The van der Waals surface area contributed by atoms with E-state index in [1.807, 2.05) is 12.1 Å². The number of aromatic carboxylic acids is 1. The van der Waals surface area contributed by atoms with Crippen LogP contribution in [-0.4, -0.2) is 24.2 Å². The van der Waals surface area contributed by atoms with Gasteiger partial charge in [0.25, 0.3) is 0 Å². The van der Waals surface area contributed by atoms with Gasteiger partial charge in [-0.05, 0) is 24.3 Å². The molecular weight excluding hydrogens is 268 g/mol. The fraction of sp³-hybridized carbons (Fsp3) is 0.125. The summed E-state index contributed by atoms with van der Waals surface area (Å²) >= 11 is 0. The SMILES string of the molecule is N#Cc1ccccc1NCCOc1ccccc1C(=O)O. The Morgan fingerprint density at radius 1 is 1.19 bits per heavy atom. The number of hydrogen-bond donors (Lipinski definition) is 2. The van der Waals surface area contributed by atoms with Gasteiger partial charge in [0.2, 0.25) is 0 Å². The first kappa shape index (κ1) is 14.4. The number of para-hydroxylation sites is 2. The van der Waals surface area contributed by atoms with Crippen molar-refractivity contribution in [1.82, 2.24) is 0 Å². The van der Waals surface area contributed by atoms with Crippen molar-refractivity contribution in [3.63, 3.8) is 0 Å². The largest absolute Gasteiger partial charge is 0.491 e. The summed E-state index contributed by atoms with van der Waals surface area (Å²) in [7, 11) is 0. The normalized spacial score (nSPS) is 9.67.